The van der Waals surface area contributed by atoms with Crippen molar-refractivity contribution in [2.75, 3.05) is 6.54 Å². The number of fused-ring (bicyclic) bond motifs is 2. The van der Waals surface area contributed by atoms with Gasteiger partial charge in [0.05, 0.1) is 25.2 Å². The highest BCUT2D eigenvalue weighted by atomic mass is 16.6. The van der Waals surface area contributed by atoms with Crippen LogP contribution >= 0.6 is 0 Å². The summed E-state index contributed by atoms with van der Waals surface area (Å²) >= 11 is 0. The maximum atomic E-state index is 12.2. The smallest absolute Gasteiger partial charge is 0.236 e. The molecular formula is C26H32N2O5. The molecule has 33 heavy (non-hydrogen) atoms. The summed E-state index contributed by atoms with van der Waals surface area (Å²) in [5, 5.41) is 23.7. The highest BCUT2D eigenvalue weighted by Crippen LogP contribution is 2.42. The number of aliphatic hydroxyl groups is 1. The van der Waals surface area contributed by atoms with Crippen molar-refractivity contribution in [2.45, 2.75) is 63.0 Å². The van der Waals surface area contributed by atoms with Gasteiger partial charge in [-0.3, -0.25) is 15.0 Å². The van der Waals surface area contributed by atoms with Gasteiger partial charge in [0.15, 0.2) is 0 Å². The van der Waals surface area contributed by atoms with Gasteiger partial charge >= 0.3 is 0 Å². The monoisotopic (exact) mass is 452 g/mol. The number of hydrogen-bond acceptors (Lipinski definition) is 6. The number of nitro groups is 1. The Bertz CT molecular complexity index is 925. The topological polar surface area (TPSA) is 85.1 Å². The summed E-state index contributed by atoms with van der Waals surface area (Å²) in [7, 11) is 0. The Labute approximate surface area is 194 Å². The van der Waals surface area contributed by atoms with Crippen molar-refractivity contribution >= 4 is 0 Å². The van der Waals surface area contributed by atoms with Gasteiger partial charge in [0.25, 0.3) is 0 Å². The lowest BCUT2D eigenvalue weighted by atomic mass is 9.68. The standard InChI is InChI=1S/C26H32N2O5/c1-3-14-27-18(2)15-21-22(28(30)31)23(27)24(29)26(33-17-20-12-8-5-9-13-20)25(21)32-16-19-10-6-4-7-11-19/h3-13,18,21-26,29H,1,14-17H2,2H3/t18-,21+,22?,23-,24+,25-,26+/m0/s1. The van der Waals surface area contributed by atoms with Crippen LogP contribution in [0.4, 0.5) is 0 Å². The third kappa shape index (κ3) is 5.01. The van der Waals surface area contributed by atoms with Crippen LogP contribution in [0.2, 0.25) is 0 Å². The first-order chi connectivity index (χ1) is 16.0. The quantitative estimate of drug-likeness (QED) is 0.356. The van der Waals surface area contributed by atoms with Gasteiger partial charge in [0, 0.05) is 17.5 Å². The molecule has 1 aliphatic heterocycles. The fourth-order valence-electron chi connectivity index (χ4n) is 5.45. The Hall–Kier alpha value is -2.58. The molecule has 1 saturated heterocycles. The van der Waals surface area contributed by atoms with Crippen molar-refractivity contribution in [1.29, 1.82) is 0 Å². The Morgan fingerprint density at radius 3 is 2.12 bits per heavy atom. The number of ether oxygens (including phenoxy) is 2. The van der Waals surface area contributed by atoms with Gasteiger partial charge in [-0.15, -0.1) is 6.58 Å². The molecule has 0 spiro atoms. The van der Waals surface area contributed by atoms with Crippen LogP contribution in [0.25, 0.3) is 0 Å². The van der Waals surface area contributed by atoms with E-state index in [1.807, 2.05) is 72.5 Å². The fourth-order valence-corrected chi connectivity index (χ4v) is 5.45. The zero-order valence-electron chi connectivity index (χ0n) is 18.9. The van der Waals surface area contributed by atoms with Crippen LogP contribution in [0.15, 0.2) is 73.3 Å². The van der Waals surface area contributed by atoms with Crippen LogP contribution in [-0.4, -0.2) is 57.9 Å². The molecule has 0 radical (unpaired) electrons. The summed E-state index contributed by atoms with van der Waals surface area (Å²) in [6.07, 6.45) is -0.0150. The number of piperidine rings is 1. The van der Waals surface area contributed by atoms with Crippen LogP contribution in [0.1, 0.15) is 24.5 Å². The molecular weight excluding hydrogens is 420 g/mol. The molecule has 2 fully saturated rings. The van der Waals surface area contributed by atoms with E-state index >= 15 is 0 Å². The molecule has 1 unspecified atom stereocenters. The van der Waals surface area contributed by atoms with Gasteiger partial charge in [-0.05, 0) is 24.5 Å². The normalized spacial score (nSPS) is 31.8. The molecule has 0 amide bonds. The molecule has 1 heterocycles. The van der Waals surface area contributed by atoms with Crippen molar-refractivity contribution in [2.24, 2.45) is 5.92 Å². The molecule has 2 aromatic carbocycles. The van der Waals surface area contributed by atoms with Crippen molar-refractivity contribution in [3.63, 3.8) is 0 Å². The molecule has 2 aromatic rings. The molecule has 2 bridgehead atoms. The molecule has 1 N–H and O–H groups in total. The van der Waals surface area contributed by atoms with E-state index in [9.17, 15) is 15.2 Å². The van der Waals surface area contributed by atoms with E-state index in [0.717, 1.165) is 11.1 Å². The minimum atomic E-state index is -1.07. The van der Waals surface area contributed by atoms with Crippen molar-refractivity contribution in [1.82, 2.24) is 4.90 Å². The first kappa shape index (κ1) is 23.6. The minimum absolute atomic E-state index is 0.0572. The highest BCUT2D eigenvalue weighted by molar-refractivity contribution is 5.16. The van der Waals surface area contributed by atoms with Crippen LogP contribution in [0.3, 0.4) is 0 Å². The lowest BCUT2D eigenvalue weighted by Crippen LogP contribution is -2.73. The third-order valence-electron chi connectivity index (χ3n) is 6.94. The second kappa shape index (κ2) is 10.6. The van der Waals surface area contributed by atoms with Gasteiger partial charge in [0.2, 0.25) is 6.04 Å². The Balaban J connectivity index is 1.64. The van der Waals surface area contributed by atoms with Crippen molar-refractivity contribution in [3.8, 4) is 0 Å². The number of benzene rings is 2. The van der Waals surface area contributed by atoms with Gasteiger partial charge < -0.3 is 14.6 Å². The number of rotatable bonds is 9. The fraction of sp³-hybridized carbons (Fsp3) is 0.462. The minimum Gasteiger partial charge on any atom is -0.388 e. The van der Waals surface area contributed by atoms with Crippen molar-refractivity contribution < 1.29 is 19.5 Å². The first-order valence-corrected chi connectivity index (χ1v) is 11.5. The molecule has 4 rings (SSSR count). The van der Waals surface area contributed by atoms with E-state index in [-0.39, 0.29) is 16.9 Å². The predicted molar refractivity (Wildman–Crippen MR) is 125 cm³/mol. The number of likely N-dealkylation sites (tertiary alicyclic amines) is 1. The lowest BCUT2D eigenvalue weighted by molar-refractivity contribution is -0.557. The largest absolute Gasteiger partial charge is 0.388 e. The third-order valence-corrected chi connectivity index (χ3v) is 6.94. The van der Waals surface area contributed by atoms with Crippen molar-refractivity contribution in [3.05, 3.63) is 94.6 Å². The van der Waals surface area contributed by atoms with Crippen LogP contribution in [0.5, 0.6) is 0 Å². The Morgan fingerprint density at radius 2 is 1.61 bits per heavy atom. The maximum absolute atomic E-state index is 12.2. The SMILES string of the molecule is C=CCN1[C@@H](C)C[C@@H]2C([N+](=O)[O-])[C@H]1[C@@H](O)[C@@H](OCc1ccccc1)[C@H]2OCc1ccccc1. The van der Waals surface area contributed by atoms with Gasteiger partial charge in [-0.1, -0.05) is 66.7 Å². The van der Waals surface area contributed by atoms with Gasteiger partial charge in [-0.25, -0.2) is 0 Å². The van der Waals surface area contributed by atoms with E-state index in [4.69, 9.17) is 9.47 Å². The number of hydrogen-bond donors (Lipinski definition) is 1. The van der Waals surface area contributed by atoms with Gasteiger partial charge in [0.1, 0.15) is 18.2 Å². The Kier molecular flexibility index (Phi) is 7.55. The summed E-state index contributed by atoms with van der Waals surface area (Å²) in [5.41, 5.74) is 1.95. The molecule has 176 valence electrons. The molecule has 7 atom stereocenters. The second-order valence-electron chi connectivity index (χ2n) is 9.01. The zero-order valence-corrected chi connectivity index (χ0v) is 18.9. The summed E-state index contributed by atoms with van der Waals surface area (Å²) in [6.45, 7) is 6.94. The lowest BCUT2D eigenvalue weighted by Gasteiger charge is -2.54. The molecule has 0 aromatic heterocycles. The van der Waals surface area contributed by atoms with E-state index in [2.05, 4.69) is 6.58 Å². The predicted octanol–water partition coefficient (Wildman–Crippen LogP) is 3.44. The molecule has 1 aliphatic carbocycles. The zero-order chi connectivity index (χ0) is 23.4. The second-order valence-corrected chi connectivity index (χ2v) is 9.01. The number of nitrogens with zero attached hydrogens (tertiary/aromatic N) is 2. The molecule has 2 aliphatic rings. The van der Waals surface area contributed by atoms with E-state index < -0.39 is 30.4 Å². The average molecular weight is 453 g/mol. The van der Waals surface area contributed by atoms with Crippen LogP contribution in [-0.2, 0) is 22.7 Å². The highest BCUT2D eigenvalue weighted by Gasteiger charge is 2.62. The van der Waals surface area contributed by atoms with Crippen LogP contribution in [0, 0.1) is 16.0 Å². The first-order valence-electron chi connectivity index (χ1n) is 11.5. The van der Waals surface area contributed by atoms with Gasteiger partial charge in [-0.2, -0.15) is 0 Å². The number of aliphatic hydroxyl groups excluding tert-OH is 1. The maximum Gasteiger partial charge on any atom is 0.236 e. The summed E-state index contributed by atoms with van der Waals surface area (Å²) in [4.78, 5) is 14.0. The van der Waals surface area contributed by atoms with E-state index in [0.29, 0.717) is 26.2 Å². The van der Waals surface area contributed by atoms with E-state index in [1.165, 1.54) is 0 Å². The Morgan fingerprint density at radius 1 is 1.06 bits per heavy atom. The molecule has 7 heteroatoms. The summed E-state index contributed by atoms with van der Waals surface area (Å²) < 4.78 is 12.6. The molecule has 1 saturated carbocycles. The average Bonchev–Trinajstić information content (AvgIpc) is 2.82. The summed E-state index contributed by atoms with van der Waals surface area (Å²) in [5.74, 6) is -0.367. The summed E-state index contributed by atoms with van der Waals surface area (Å²) in [6, 6.07) is 17.9. The molecule has 7 nitrogen and oxygen atoms in total. The van der Waals surface area contributed by atoms with Crippen LogP contribution < -0.4 is 0 Å². The van der Waals surface area contributed by atoms with E-state index in [1.54, 1.807) is 6.08 Å².